The first-order valence-electron chi connectivity index (χ1n) is 9.48. The Morgan fingerprint density at radius 2 is 1.72 bits per heavy atom. The molecule has 0 unspecified atom stereocenters. The van der Waals surface area contributed by atoms with Crippen LogP contribution in [0.25, 0.3) is 0 Å². The van der Waals surface area contributed by atoms with Crippen molar-refractivity contribution in [2.75, 3.05) is 32.7 Å². The molecule has 1 aromatic carbocycles. The Labute approximate surface area is 156 Å². The first-order valence-corrected chi connectivity index (χ1v) is 9.86. The van der Waals surface area contributed by atoms with Crippen LogP contribution in [0, 0.1) is 0 Å². The number of carbonyl (C=O) groups is 1. The number of hydrogen-bond acceptors (Lipinski definition) is 2. The van der Waals surface area contributed by atoms with Crippen LogP contribution in [0.15, 0.2) is 24.3 Å². The Bertz CT molecular complexity index is 573. The van der Waals surface area contributed by atoms with Gasteiger partial charge in [0.05, 0.1) is 0 Å². The zero-order valence-electron chi connectivity index (χ0n) is 15.4. The average Bonchev–Trinajstić information content (AvgIpc) is 3.15. The first-order chi connectivity index (χ1) is 12.0. The quantitative estimate of drug-likeness (QED) is 0.880. The van der Waals surface area contributed by atoms with Gasteiger partial charge in [-0.2, -0.15) is 0 Å². The molecule has 1 N–H and O–H groups in total. The summed E-state index contributed by atoms with van der Waals surface area (Å²) in [6.45, 7) is 8.62. The largest absolute Gasteiger partial charge is 0.337 e. The monoisotopic (exact) mass is 363 g/mol. The van der Waals surface area contributed by atoms with Crippen LogP contribution in [0.1, 0.15) is 45.1 Å². The standard InChI is InChI=1S/C20H30ClN3O/c1-20(2,16-7-9-17(21)10-8-16)15-22-19(25)24-13-11-23(12-14-24)18-5-3-4-6-18/h7-10,18H,3-6,11-15H2,1-2H3,(H,22,25). The van der Waals surface area contributed by atoms with Crippen molar-refractivity contribution < 1.29 is 4.79 Å². The predicted octanol–water partition coefficient (Wildman–Crippen LogP) is 3.89. The minimum absolute atomic E-state index is 0.0631. The second-order valence-electron chi connectivity index (χ2n) is 8.01. The van der Waals surface area contributed by atoms with Gasteiger partial charge in [-0.3, -0.25) is 4.90 Å². The number of nitrogens with one attached hydrogen (secondary N) is 1. The van der Waals surface area contributed by atoms with Gasteiger partial charge in [-0.25, -0.2) is 4.79 Å². The van der Waals surface area contributed by atoms with Gasteiger partial charge in [-0.05, 0) is 30.5 Å². The molecule has 2 amide bonds. The molecular weight excluding hydrogens is 334 g/mol. The van der Waals surface area contributed by atoms with Gasteiger partial charge in [0.1, 0.15) is 0 Å². The highest BCUT2D eigenvalue weighted by molar-refractivity contribution is 6.30. The highest BCUT2D eigenvalue weighted by atomic mass is 35.5. The van der Waals surface area contributed by atoms with Gasteiger partial charge in [0.2, 0.25) is 0 Å². The molecule has 1 aliphatic carbocycles. The molecule has 0 atom stereocenters. The molecule has 1 saturated carbocycles. The predicted molar refractivity (Wildman–Crippen MR) is 103 cm³/mol. The van der Waals surface area contributed by atoms with E-state index in [-0.39, 0.29) is 11.4 Å². The molecule has 2 fully saturated rings. The number of benzene rings is 1. The minimum atomic E-state index is -0.119. The van der Waals surface area contributed by atoms with Crippen LogP contribution in [0.3, 0.4) is 0 Å². The SMILES string of the molecule is CC(C)(CNC(=O)N1CCN(C2CCCC2)CC1)c1ccc(Cl)cc1. The third kappa shape index (κ3) is 4.68. The summed E-state index contributed by atoms with van der Waals surface area (Å²) in [5.74, 6) is 0. The molecule has 0 radical (unpaired) electrons. The number of halogens is 1. The highest BCUT2D eigenvalue weighted by Gasteiger charge is 2.28. The number of hydrogen-bond donors (Lipinski definition) is 1. The van der Waals surface area contributed by atoms with Crippen molar-refractivity contribution in [3.8, 4) is 0 Å². The number of rotatable bonds is 4. The molecule has 1 saturated heterocycles. The Morgan fingerprint density at radius 3 is 2.32 bits per heavy atom. The molecule has 0 bridgehead atoms. The first kappa shape index (κ1) is 18.5. The molecule has 138 valence electrons. The van der Waals surface area contributed by atoms with Crippen molar-refractivity contribution in [1.29, 1.82) is 0 Å². The van der Waals surface area contributed by atoms with Gasteiger partial charge in [0, 0.05) is 49.2 Å². The fourth-order valence-corrected chi connectivity index (χ4v) is 4.10. The van der Waals surface area contributed by atoms with Crippen molar-refractivity contribution in [3.63, 3.8) is 0 Å². The molecule has 4 nitrogen and oxygen atoms in total. The van der Waals surface area contributed by atoms with E-state index in [1.165, 1.54) is 31.2 Å². The molecule has 1 heterocycles. The Morgan fingerprint density at radius 1 is 1.12 bits per heavy atom. The number of nitrogens with zero attached hydrogens (tertiary/aromatic N) is 2. The van der Waals surface area contributed by atoms with Gasteiger partial charge < -0.3 is 10.2 Å². The Kier molecular flexibility index (Phi) is 5.90. The lowest BCUT2D eigenvalue weighted by Gasteiger charge is -2.38. The van der Waals surface area contributed by atoms with E-state index < -0.39 is 0 Å². The zero-order valence-corrected chi connectivity index (χ0v) is 16.2. The summed E-state index contributed by atoms with van der Waals surface area (Å²) in [7, 11) is 0. The maximum atomic E-state index is 12.5. The van der Waals surface area contributed by atoms with Crippen LogP contribution in [0.2, 0.25) is 5.02 Å². The van der Waals surface area contributed by atoms with Crippen molar-refractivity contribution in [3.05, 3.63) is 34.9 Å². The summed E-state index contributed by atoms with van der Waals surface area (Å²) < 4.78 is 0. The molecule has 2 aliphatic rings. The lowest BCUT2D eigenvalue weighted by Crippen LogP contribution is -2.54. The van der Waals surface area contributed by atoms with Gasteiger partial charge >= 0.3 is 6.03 Å². The molecule has 3 rings (SSSR count). The van der Waals surface area contributed by atoms with E-state index in [1.807, 2.05) is 29.2 Å². The summed E-state index contributed by atoms with van der Waals surface area (Å²) in [6, 6.07) is 8.71. The Hall–Kier alpha value is -1.26. The lowest BCUT2D eigenvalue weighted by atomic mass is 9.85. The maximum absolute atomic E-state index is 12.5. The van der Waals surface area contributed by atoms with E-state index in [9.17, 15) is 4.79 Å². The van der Waals surface area contributed by atoms with E-state index in [0.717, 1.165) is 37.2 Å². The molecular formula is C20H30ClN3O. The Balaban J connectivity index is 1.47. The summed E-state index contributed by atoms with van der Waals surface area (Å²) in [5.41, 5.74) is 1.06. The van der Waals surface area contributed by atoms with E-state index in [2.05, 4.69) is 24.1 Å². The third-order valence-corrected chi connectivity index (χ3v) is 6.00. The van der Waals surface area contributed by atoms with E-state index in [0.29, 0.717) is 6.54 Å². The molecule has 1 aromatic rings. The number of urea groups is 1. The van der Waals surface area contributed by atoms with Crippen LogP contribution >= 0.6 is 11.6 Å². The van der Waals surface area contributed by atoms with Gasteiger partial charge in [0.15, 0.2) is 0 Å². The molecule has 5 heteroatoms. The van der Waals surface area contributed by atoms with Crippen molar-refractivity contribution >= 4 is 17.6 Å². The second kappa shape index (κ2) is 7.96. The molecule has 0 spiro atoms. The van der Waals surface area contributed by atoms with E-state index in [1.54, 1.807) is 0 Å². The third-order valence-electron chi connectivity index (χ3n) is 5.75. The fraction of sp³-hybridized carbons (Fsp3) is 0.650. The normalized spacial score (nSPS) is 20.0. The smallest absolute Gasteiger partial charge is 0.317 e. The molecule has 0 aromatic heterocycles. The van der Waals surface area contributed by atoms with Crippen LogP contribution < -0.4 is 5.32 Å². The second-order valence-corrected chi connectivity index (χ2v) is 8.45. The molecule has 25 heavy (non-hydrogen) atoms. The van der Waals surface area contributed by atoms with Gasteiger partial charge in [-0.15, -0.1) is 0 Å². The van der Waals surface area contributed by atoms with Crippen LogP contribution in [0.5, 0.6) is 0 Å². The van der Waals surface area contributed by atoms with Crippen molar-refractivity contribution in [1.82, 2.24) is 15.1 Å². The van der Waals surface area contributed by atoms with Gasteiger partial charge in [-0.1, -0.05) is 50.4 Å². The number of piperazine rings is 1. The summed E-state index contributed by atoms with van der Waals surface area (Å²) in [6.07, 6.45) is 5.40. The fourth-order valence-electron chi connectivity index (χ4n) is 3.97. The van der Waals surface area contributed by atoms with Crippen LogP contribution in [-0.4, -0.2) is 54.6 Å². The van der Waals surface area contributed by atoms with Crippen LogP contribution in [-0.2, 0) is 5.41 Å². The van der Waals surface area contributed by atoms with Crippen molar-refractivity contribution in [2.24, 2.45) is 0 Å². The highest BCUT2D eigenvalue weighted by Crippen LogP contribution is 2.25. The average molecular weight is 364 g/mol. The van der Waals surface area contributed by atoms with E-state index in [4.69, 9.17) is 11.6 Å². The minimum Gasteiger partial charge on any atom is -0.337 e. The van der Waals surface area contributed by atoms with Crippen molar-refractivity contribution in [2.45, 2.75) is 51.0 Å². The van der Waals surface area contributed by atoms with Gasteiger partial charge in [0.25, 0.3) is 0 Å². The van der Waals surface area contributed by atoms with E-state index >= 15 is 0 Å². The summed E-state index contributed by atoms with van der Waals surface area (Å²) >= 11 is 5.97. The zero-order chi connectivity index (χ0) is 17.9. The topological polar surface area (TPSA) is 35.6 Å². The lowest BCUT2D eigenvalue weighted by molar-refractivity contribution is 0.109. The number of amides is 2. The summed E-state index contributed by atoms with van der Waals surface area (Å²) in [5, 5.41) is 3.87. The number of carbonyl (C=O) groups excluding carboxylic acids is 1. The van der Waals surface area contributed by atoms with Crippen LogP contribution in [0.4, 0.5) is 4.79 Å². The molecule has 1 aliphatic heterocycles. The summed E-state index contributed by atoms with van der Waals surface area (Å²) in [4.78, 5) is 17.1. The maximum Gasteiger partial charge on any atom is 0.317 e.